The summed E-state index contributed by atoms with van der Waals surface area (Å²) in [6.07, 6.45) is 1.39. The van der Waals surface area contributed by atoms with E-state index in [0.717, 1.165) is 6.07 Å². The van der Waals surface area contributed by atoms with Gasteiger partial charge in [0.1, 0.15) is 17.3 Å². The zero-order chi connectivity index (χ0) is 24.8. The van der Waals surface area contributed by atoms with Gasteiger partial charge in [-0.25, -0.2) is 9.37 Å². The number of halogens is 1. The van der Waals surface area contributed by atoms with Crippen LogP contribution in [-0.4, -0.2) is 44.6 Å². The molecule has 0 aliphatic heterocycles. The van der Waals surface area contributed by atoms with Crippen LogP contribution in [-0.2, 0) is 0 Å². The molecule has 2 aromatic heterocycles. The number of carbonyl (C=O) groups is 2. The molecular weight excluding hydrogens is 443 g/mol. The summed E-state index contributed by atoms with van der Waals surface area (Å²) in [6, 6.07) is 6.72. The molecular formula is C24H27FN4O5. The topological polar surface area (TPSA) is 127 Å². The van der Waals surface area contributed by atoms with Gasteiger partial charge >= 0.3 is 0 Å². The maximum absolute atomic E-state index is 14.5. The first kappa shape index (κ1) is 25.0. The molecule has 9 nitrogen and oxygen atoms in total. The minimum absolute atomic E-state index is 0.0567. The number of pyridine rings is 1. The number of hydrogen-bond donors (Lipinski definition) is 2. The van der Waals surface area contributed by atoms with Crippen molar-refractivity contribution < 1.29 is 28.3 Å². The van der Waals surface area contributed by atoms with E-state index in [9.17, 15) is 14.0 Å². The van der Waals surface area contributed by atoms with Crippen molar-refractivity contribution in [3.63, 3.8) is 0 Å². The minimum Gasteiger partial charge on any atom is -0.479 e. The van der Waals surface area contributed by atoms with E-state index in [0.29, 0.717) is 23.4 Å². The summed E-state index contributed by atoms with van der Waals surface area (Å²) in [4.78, 5) is 32.6. The molecule has 3 rings (SSSR count). The molecule has 0 fully saturated rings. The van der Waals surface area contributed by atoms with Crippen molar-refractivity contribution in [1.29, 1.82) is 0 Å². The third-order valence-electron chi connectivity index (χ3n) is 5.00. The number of nitrogens with one attached hydrogen (secondary N) is 1. The van der Waals surface area contributed by atoms with Crippen molar-refractivity contribution in [3.05, 3.63) is 59.5 Å². The zero-order valence-corrected chi connectivity index (χ0v) is 19.4. The van der Waals surface area contributed by atoms with Gasteiger partial charge in [-0.05, 0) is 37.6 Å². The lowest BCUT2D eigenvalue weighted by molar-refractivity contribution is 0.0915. The van der Waals surface area contributed by atoms with Crippen LogP contribution in [0.25, 0.3) is 11.4 Å². The Morgan fingerprint density at radius 3 is 2.56 bits per heavy atom. The first-order valence-corrected chi connectivity index (χ1v) is 11.0. The Kier molecular flexibility index (Phi) is 8.06. The minimum atomic E-state index is -0.753. The summed E-state index contributed by atoms with van der Waals surface area (Å²) >= 11 is 0. The number of hydrogen-bond acceptors (Lipinski definition) is 8. The van der Waals surface area contributed by atoms with Gasteiger partial charge in [-0.15, -0.1) is 0 Å². The Morgan fingerprint density at radius 1 is 1.21 bits per heavy atom. The van der Waals surface area contributed by atoms with Gasteiger partial charge in [-0.1, -0.05) is 32.0 Å². The van der Waals surface area contributed by atoms with Gasteiger partial charge in [0.2, 0.25) is 5.82 Å². The van der Waals surface area contributed by atoms with Gasteiger partial charge in [-0.2, -0.15) is 4.98 Å². The van der Waals surface area contributed by atoms with E-state index in [1.807, 2.05) is 6.92 Å². The van der Waals surface area contributed by atoms with Gasteiger partial charge in [0.05, 0.1) is 18.4 Å². The number of ether oxygens (including phenoxy) is 1. The summed E-state index contributed by atoms with van der Waals surface area (Å²) in [5.74, 6) is -0.826. The largest absolute Gasteiger partial charge is 0.479 e. The molecule has 2 N–H and O–H groups in total. The van der Waals surface area contributed by atoms with E-state index < -0.39 is 23.9 Å². The predicted molar refractivity (Wildman–Crippen MR) is 121 cm³/mol. The second kappa shape index (κ2) is 11.0. The maximum atomic E-state index is 14.5. The Morgan fingerprint density at radius 2 is 1.97 bits per heavy atom. The van der Waals surface area contributed by atoms with E-state index in [4.69, 9.17) is 14.4 Å². The van der Waals surface area contributed by atoms with Gasteiger partial charge in [-0.3, -0.25) is 9.59 Å². The van der Waals surface area contributed by atoms with E-state index in [2.05, 4.69) is 20.4 Å². The number of Topliss-reactive ketones (excluding diaryl/α,β-unsaturated/α-hetero) is 1. The number of carbonyl (C=O) groups excluding carboxylic acids is 2. The van der Waals surface area contributed by atoms with E-state index in [-0.39, 0.29) is 35.6 Å². The van der Waals surface area contributed by atoms with Crippen LogP contribution in [0.5, 0.6) is 5.75 Å². The van der Waals surface area contributed by atoms with Crippen molar-refractivity contribution in [3.8, 4) is 17.1 Å². The van der Waals surface area contributed by atoms with Gasteiger partial charge in [0.15, 0.2) is 11.9 Å². The maximum Gasteiger partial charge on any atom is 0.268 e. The molecule has 0 spiro atoms. The van der Waals surface area contributed by atoms with Gasteiger partial charge < -0.3 is 19.7 Å². The molecule has 0 radical (unpaired) electrons. The molecule has 10 heteroatoms. The predicted octanol–water partition coefficient (Wildman–Crippen LogP) is 3.75. The van der Waals surface area contributed by atoms with Crippen LogP contribution in [0.3, 0.4) is 0 Å². The SMILES string of the molecule is CCC(Oc1ccc(C(=O)C(C)C)nc1)c1nc(-c2ccc(C(=O)NC(C)CO)c(F)c2)no1. The molecule has 34 heavy (non-hydrogen) atoms. The lowest BCUT2D eigenvalue weighted by Crippen LogP contribution is -2.35. The average Bonchev–Trinajstić information content (AvgIpc) is 3.32. The Hall–Kier alpha value is -3.66. The number of aliphatic hydroxyl groups is 1. The van der Waals surface area contributed by atoms with E-state index >= 15 is 0 Å². The second-order valence-electron chi connectivity index (χ2n) is 8.12. The van der Waals surface area contributed by atoms with Crippen LogP contribution in [0.2, 0.25) is 0 Å². The van der Waals surface area contributed by atoms with E-state index in [1.54, 1.807) is 32.9 Å². The number of amides is 1. The fourth-order valence-electron chi connectivity index (χ4n) is 3.03. The van der Waals surface area contributed by atoms with Crippen molar-refractivity contribution in [2.45, 2.75) is 46.3 Å². The van der Waals surface area contributed by atoms with Crippen molar-refractivity contribution in [1.82, 2.24) is 20.4 Å². The lowest BCUT2D eigenvalue weighted by Gasteiger charge is -2.13. The quantitative estimate of drug-likeness (QED) is 0.429. The summed E-state index contributed by atoms with van der Waals surface area (Å²) in [7, 11) is 0. The fraction of sp³-hybridized carbons (Fsp3) is 0.375. The summed E-state index contributed by atoms with van der Waals surface area (Å²) < 4.78 is 25.8. The van der Waals surface area contributed by atoms with Crippen LogP contribution in [0.1, 0.15) is 67.0 Å². The molecule has 0 saturated heterocycles. The third kappa shape index (κ3) is 5.82. The first-order chi connectivity index (χ1) is 16.2. The number of aromatic nitrogens is 3. The van der Waals surface area contributed by atoms with E-state index in [1.165, 1.54) is 18.3 Å². The zero-order valence-electron chi connectivity index (χ0n) is 19.4. The Labute approximate surface area is 196 Å². The van der Waals surface area contributed by atoms with Crippen molar-refractivity contribution in [2.75, 3.05) is 6.61 Å². The average molecular weight is 471 g/mol. The van der Waals surface area contributed by atoms with Crippen LogP contribution in [0, 0.1) is 11.7 Å². The van der Waals surface area contributed by atoms with Crippen molar-refractivity contribution in [2.24, 2.45) is 5.92 Å². The first-order valence-electron chi connectivity index (χ1n) is 11.0. The standard InChI is InChI=1S/C24H27FN4O5/c1-5-20(33-16-7-9-19(26-11-16)21(31)13(2)3)24-28-22(29-34-24)15-6-8-17(18(25)10-15)23(32)27-14(4)12-30/h6-11,13-14,20,30H,5,12H2,1-4H3,(H,27,32). The highest BCUT2D eigenvalue weighted by Crippen LogP contribution is 2.26. The molecule has 2 unspecified atom stereocenters. The normalized spacial score (nSPS) is 12.9. The molecule has 0 aliphatic carbocycles. The number of rotatable bonds is 10. The summed E-state index contributed by atoms with van der Waals surface area (Å²) in [6.45, 7) is 6.83. The molecule has 0 bridgehead atoms. The second-order valence-corrected chi connectivity index (χ2v) is 8.12. The Bertz CT molecular complexity index is 1150. The van der Waals surface area contributed by atoms with Gasteiger partial charge in [0, 0.05) is 17.5 Å². The molecule has 1 amide bonds. The number of aliphatic hydroxyl groups excluding tert-OH is 1. The van der Waals surface area contributed by atoms with Crippen LogP contribution >= 0.6 is 0 Å². The molecule has 1 aromatic carbocycles. The summed E-state index contributed by atoms with van der Waals surface area (Å²) in [5, 5.41) is 15.4. The smallest absolute Gasteiger partial charge is 0.268 e. The number of benzene rings is 1. The molecule has 180 valence electrons. The monoisotopic (exact) mass is 470 g/mol. The number of nitrogens with zero attached hydrogens (tertiary/aromatic N) is 3. The highest BCUT2D eigenvalue weighted by atomic mass is 19.1. The van der Waals surface area contributed by atoms with Crippen molar-refractivity contribution >= 4 is 11.7 Å². The third-order valence-corrected chi connectivity index (χ3v) is 5.00. The molecule has 2 heterocycles. The molecule has 3 aromatic rings. The highest BCUT2D eigenvalue weighted by molar-refractivity contribution is 5.95. The Balaban J connectivity index is 1.73. The summed E-state index contributed by atoms with van der Waals surface area (Å²) in [5.41, 5.74) is 0.530. The van der Waals surface area contributed by atoms with Crippen LogP contribution in [0.4, 0.5) is 4.39 Å². The number of ketones is 1. The molecule has 0 saturated carbocycles. The molecule has 2 atom stereocenters. The molecule has 0 aliphatic rings. The fourth-order valence-corrected chi connectivity index (χ4v) is 3.03. The van der Waals surface area contributed by atoms with Gasteiger partial charge in [0.25, 0.3) is 11.8 Å². The highest BCUT2D eigenvalue weighted by Gasteiger charge is 2.22. The van der Waals surface area contributed by atoms with Crippen LogP contribution in [0.15, 0.2) is 41.1 Å². The van der Waals surface area contributed by atoms with Crippen LogP contribution < -0.4 is 10.1 Å². The lowest BCUT2D eigenvalue weighted by atomic mass is 10.1.